The summed E-state index contributed by atoms with van der Waals surface area (Å²) < 4.78 is 0. The maximum absolute atomic E-state index is 5.72. The summed E-state index contributed by atoms with van der Waals surface area (Å²) in [7, 11) is 0. The fraction of sp³-hybridized carbons (Fsp3) is 0.900. The van der Waals surface area contributed by atoms with Crippen LogP contribution in [0.1, 0.15) is 26.7 Å². The standard InChI is InChI=1S/C10H21N3S/c1-8(2)13-10(11)12-6-9-4-3-5-14-7-9/h8-9H,3-7H2,1-2H3,(H3,11,12,13). The van der Waals surface area contributed by atoms with Gasteiger partial charge in [0.1, 0.15) is 0 Å². The highest BCUT2D eigenvalue weighted by molar-refractivity contribution is 7.99. The molecule has 0 aromatic heterocycles. The Hall–Kier alpha value is -0.380. The fourth-order valence-electron chi connectivity index (χ4n) is 1.52. The van der Waals surface area contributed by atoms with Crippen molar-refractivity contribution in [3.8, 4) is 0 Å². The summed E-state index contributed by atoms with van der Waals surface area (Å²) in [5.41, 5.74) is 5.72. The number of rotatable bonds is 3. The lowest BCUT2D eigenvalue weighted by molar-refractivity contribution is 0.533. The molecule has 1 rings (SSSR count). The van der Waals surface area contributed by atoms with Gasteiger partial charge in [0, 0.05) is 12.6 Å². The fourth-order valence-corrected chi connectivity index (χ4v) is 2.66. The average molecular weight is 215 g/mol. The van der Waals surface area contributed by atoms with Gasteiger partial charge < -0.3 is 11.1 Å². The van der Waals surface area contributed by atoms with Crippen molar-refractivity contribution in [3.63, 3.8) is 0 Å². The Bertz CT molecular complexity index is 186. The van der Waals surface area contributed by atoms with Crippen LogP contribution in [0.2, 0.25) is 0 Å². The molecule has 1 fully saturated rings. The average Bonchev–Trinajstić information content (AvgIpc) is 2.15. The minimum atomic E-state index is 0.375. The molecule has 0 spiro atoms. The number of hydrogen-bond donors (Lipinski definition) is 2. The van der Waals surface area contributed by atoms with Crippen LogP contribution in [0.4, 0.5) is 0 Å². The van der Waals surface area contributed by atoms with Gasteiger partial charge in [-0.2, -0.15) is 11.8 Å². The molecule has 0 saturated carbocycles. The number of nitrogens with one attached hydrogen (secondary N) is 1. The van der Waals surface area contributed by atoms with Crippen LogP contribution in [0.3, 0.4) is 0 Å². The molecule has 1 unspecified atom stereocenters. The van der Waals surface area contributed by atoms with E-state index >= 15 is 0 Å². The number of thioether (sulfide) groups is 1. The van der Waals surface area contributed by atoms with E-state index in [0.29, 0.717) is 12.0 Å². The lowest BCUT2D eigenvalue weighted by Crippen LogP contribution is -2.37. The van der Waals surface area contributed by atoms with Gasteiger partial charge in [-0.3, -0.25) is 4.99 Å². The van der Waals surface area contributed by atoms with E-state index in [1.54, 1.807) is 0 Å². The molecular weight excluding hydrogens is 194 g/mol. The van der Waals surface area contributed by atoms with Crippen molar-refractivity contribution in [2.24, 2.45) is 16.6 Å². The zero-order valence-corrected chi connectivity index (χ0v) is 9.94. The molecule has 4 heteroatoms. The summed E-state index contributed by atoms with van der Waals surface area (Å²) in [6.07, 6.45) is 2.65. The highest BCUT2D eigenvalue weighted by Crippen LogP contribution is 2.22. The van der Waals surface area contributed by atoms with Crippen LogP contribution in [-0.4, -0.2) is 30.1 Å². The van der Waals surface area contributed by atoms with Crippen molar-refractivity contribution in [1.82, 2.24) is 5.32 Å². The van der Waals surface area contributed by atoms with E-state index in [9.17, 15) is 0 Å². The van der Waals surface area contributed by atoms with Gasteiger partial charge in [0.15, 0.2) is 5.96 Å². The predicted octanol–water partition coefficient (Wildman–Crippen LogP) is 1.44. The molecule has 0 aliphatic carbocycles. The van der Waals surface area contributed by atoms with E-state index in [2.05, 4.69) is 24.2 Å². The second-order valence-corrected chi connectivity index (χ2v) is 5.26. The first kappa shape index (κ1) is 11.7. The molecule has 0 aromatic rings. The van der Waals surface area contributed by atoms with E-state index in [4.69, 9.17) is 5.73 Å². The van der Waals surface area contributed by atoms with Gasteiger partial charge in [-0.15, -0.1) is 0 Å². The number of guanidine groups is 1. The van der Waals surface area contributed by atoms with Gasteiger partial charge in [0.2, 0.25) is 0 Å². The first-order chi connectivity index (χ1) is 6.68. The first-order valence-corrected chi connectivity index (χ1v) is 6.48. The third kappa shape index (κ3) is 4.74. The van der Waals surface area contributed by atoms with Crippen LogP contribution in [0.15, 0.2) is 4.99 Å². The van der Waals surface area contributed by atoms with E-state index in [1.807, 2.05) is 11.8 Å². The zero-order chi connectivity index (χ0) is 10.4. The maximum atomic E-state index is 5.72. The Morgan fingerprint density at radius 1 is 1.64 bits per heavy atom. The molecule has 1 heterocycles. The molecule has 14 heavy (non-hydrogen) atoms. The van der Waals surface area contributed by atoms with Crippen LogP contribution in [-0.2, 0) is 0 Å². The van der Waals surface area contributed by atoms with E-state index < -0.39 is 0 Å². The molecule has 1 aliphatic heterocycles. The third-order valence-electron chi connectivity index (χ3n) is 2.21. The van der Waals surface area contributed by atoms with Crippen molar-refractivity contribution in [3.05, 3.63) is 0 Å². The van der Waals surface area contributed by atoms with Crippen LogP contribution >= 0.6 is 11.8 Å². The molecule has 0 amide bonds. The molecule has 3 N–H and O–H groups in total. The summed E-state index contributed by atoms with van der Waals surface area (Å²) in [6.45, 7) is 5.02. The van der Waals surface area contributed by atoms with Gasteiger partial charge in [-0.05, 0) is 44.1 Å². The van der Waals surface area contributed by atoms with Crippen molar-refractivity contribution in [1.29, 1.82) is 0 Å². The predicted molar refractivity (Wildman–Crippen MR) is 64.8 cm³/mol. The molecule has 1 saturated heterocycles. The van der Waals surface area contributed by atoms with Crippen molar-refractivity contribution in [2.75, 3.05) is 18.1 Å². The SMILES string of the molecule is CC(C)NC(N)=NCC1CCCSC1. The van der Waals surface area contributed by atoms with Gasteiger partial charge in [0.05, 0.1) is 0 Å². The van der Waals surface area contributed by atoms with Gasteiger partial charge in [0.25, 0.3) is 0 Å². The number of nitrogens with two attached hydrogens (primary N) is 1. The smallest absolute Gasteiger partial charge is 0.188 e. The summed E-state index contributed by atoms with van der Waals surface area (Å²) in [6, 6.07) is 0.375. The normalized spacial score (nSPS) is 23.9. The van der Waals surface area contributed by atoms with E-state index in [1.165, 1.54) is 24.3 Å². The molecule has 1 aliphatic rings. The summed E-state index contributed by atoms with van der Waals surface area (Å²) in [4.78, 5) is 4.36. The lowest BCUT2D eigenvalue weighted by atomic mass is 10.1. The van der Waals surface area contributed by atoms with Crippen molar-refractivity contribution >= 4 is 17.7 Å². The topological polar surface area (TPSA) is 50.4 Å². The molecule has 82 valence electrons. The van der Waals surface area contributed by atoms with Gasteiger partial charge in [-0.1, -0.05) is 0 Å². The molecule has 0 radical (unpaired) electrons. The van der Waals surface area contributed by atoms with Crippen molar-refractivity contribution in [2.45, 2.75) is 32.7 Å². The Morgan fingerprint density at radius 3 is 3.00 bits per heavy atom. The number of nitrogens with zero attached hydrogens (tertiary/aromatic N) is 1. The second-order valence-electron chi connectivity index (χ2n) is 4.11. The molecular formula is C10H21N3S. The molecule has 0 bridgehead atoms. The quantitative estimate of drug-likeness (QED) is 0.553. The van der Waals surface area contributed by atoms with Gasteiger partial charge >= 0.3 is 0 Å². The van der Waals surface area contributed by atoms with Crippen LogP contribution in [0.5, 0.6) is 0 Å². The van der Waals surface area contributed by atoms with E-state index in [-0.39, 0.29) is 0 Å². The highest BCUT2D eigenvalue weighted by atomic mass is 32.2. The van der Waals surface area contributed by atoms with Crippen LogP contribution in [0.25, 0.3) is 0 Å². The molecule has 0 aromatic carbocycles. The largest absolute Gasteiger partial charge is 0.370 e. The summed E-state index contributed by atoms with van der Waals surface area (Å²) >= 11 is 2.04. The Labute approximate surface area is 90.9 Å². The number of aliphatic imine (C=N–C) groups is 1. The van der Waals surface area contributed by atoms with Crippen LogP contribution < -0.4 is 11.1 Å². The molecule has 3 nitrogen and oxygen atoms in total. The third-order valence-corrected chi connectivity index (χ3v) is 3.50. The zero-order valence-electron chi connectivity index (χ0n) is 9.12. The van der Waals surface area contributed by atoms with Crippen LogP contribution in [0, 0.1) is 5.92 Å². The minimum absolute atomic E-state index is 0.375. The van der Waals surface area contributed by atoms with E-state index in [0.717, 1.165) is 12.5 Å². The molecule has 1 atom stereocenters. The minimum Gasteiger partial charge on any atom is -0.370 e. The van der Waals surface area contributed by atoms with Gasteiger partial charge in [-0.25, -0.2) is 0 Å². The van der Waals surface area contributed by atoms with Crippen molar-refractivity contribution < 1.29 is 0 Å². The summed E-state index contributed by atoms with van der Waals surface area (Å²) in [5.74, 6) is 3.90. The Balaban J connectivity index is 2.22. The Kier molecular flexibility index (Phi) is 5.15. The highest BCUT2D eigenvalue weighted by Gasteiger charge is 2.12. The monoisotopic (exact) mass is 215 g/mol. The maximum Gasteiger partial charge on any atom is 0.188 e. The summed E-state index contributed by atoms with van der Waals surface area (Å²) in [5, 5.41) is 3.10. The first-order valence-electron chi connectivity index (χ1n) is 5.32. The Morgan fingerprint density at radius 2 is 2.43 bits per heavy atom. The lowest BCUT2D eigenvalue weighted by Gasteiger charge is -2.19. The second kappa shape index (κ2) is 6.17. The number of hydrogen-bond acceptors (Lipinski definition) is 2.